The van der Waals surface area contributed by atoms with Crippen LogP contribution in [0.25, 0.3) is 0 Å². The van der Waals surface area contributed by atoms with Gasteiger partial charge in [-0.15, -0.1) is 0 Å². The van der Waals surface area contributed by atoms with Crippen molar-refractivity contribution in [2.24, 2.45) is 0 Å². The molecule has 1 N–H and O–H groups in total. The molecule has 2 atom stereocenters. The average Bonchev–Trinajstić information content (AvgIpc) is 2.10. The second-order valence-corrected chi connectivity index (χ2v) is 5.62. The van der Waals surface area contributed by atoms with Gasteiger partial charge in [0, 0.05) is 28.6 Å². The fraction of sp³-hybridized carbons (Fsp3) is 0.857. The van der Waals surface area contributed by atoms with Crippen LogP contribution in [0.1, 0.15) is 6.42 Å². The molecule has 3 nitrogen and oxygen atoms in total. The van der Waals surface area contributed by atoms with E-state index in [-0.39, 0.29) is 0 Å². The maximum atomic E-state index is 11.2. The Hall–Kier alpha value is -0.0600. The van der Waals surface area contributed by atoms with Crippen LogP contribution in [0.3, 0.4) is 0 Å². The molecule has 1 aliphatic heterocycles. The zero-order valence-electron chi connectivity index (χ0n) is 7.17. The van der Waals surface area contributed by atoms with Crippen LogP contribution >= 0.6 is 0 Å². The standard InChI is InChI=1S/C7H16N2OS/c1-9-5-4-7(6-9)8-11(2,3)10/h7H,2,4-6H2,1,3H3,(H,8,10). The van der Waals surface area contributed by atoms with Crippen LogP contribution in [0, 0.1) is 0 Å². The molecule has 0 aromatic carbocycles. The zero-order chi connectivity index (χ0) is 8.48. The number of likely N-dealkylation sites (tertiary alicyclic amines) is 1. The smallest absolute Gasteiger partial charge is 0.0328 e. The van der Waals surface area contributed by atoms with E-state index < -0.39 is 9.71 Å². The summed E-state index contributed by atoms with van der Waals surface area (Å²) in [7, 11) is 0.0640. The maximum absolute atomic E-state index is 11.2. The lowest BCUT2D eigenvalue weighted by Gasteiger charge is -2.13. The van der Waals surface area contributed by atoms with E-state index in [1.165, 1.54) is 0 Å². The zero-order valence-corrected chi connectivity index (χ0v) is 7.99. The molecule has 11 heavy (non-hydrogen) atoms. The molecular weight excluding hydrogens is 160 g/mol. The molecule has 0 aromatic rings. The van der Waals surface area contributed by atoms with Crippen molar-refractivity contribution in [3.63, 3.8) is 0 Å². The van der Waals surface area contributed by atoms with E-state index in [1.807, 2.05) is 0 Å². The highest BCUT2D eigenvalue weighted by Crippen LogP contribution is 2.06. The van der Waals surface area contributed by atoms with Crippen LogP contribution in [0.4, 0.5) is 0 Å². The predicted octanol–water partition coefficient (Wildman–Crippen LogP) is -0.459. The summed E-state index contributed by atoms with van der Waals surface area (Å²) in [5, 5.41) is 0. The predicted molar refractivity (Wildman–Crippen MR) is 50.2 cm³/mol. The summed E-state index contributed by atoms with van der Waals surface area (Å²) >= 11 is 0. The molecule has 2 unspecified atom stereocenters. The number of nitrogens with zero attached hydrogens (tertiary/aromatic N) is 1. The summed E-state index contributed by atoms with van der Waals surface area (Å²) in [5.74, 6) is 3.56. The summed E-state index contributed by atoms with van der Waals surface area (Å²) in [6.45, 7) is 2.08. The number of likely N-dealkylation sites (N-methyl/N-ethyl adjacent to an activating group) is 1. The molecule has 1 heterocycles. The van der Waals surface area contributed by atoms with Crippen molar-refractivity contribution < 1.29 is 4.21 Å². The van der Waals surface area contributed by atoms with Crippen LogP contribution < -0.4 is 4.72 Å². The van der Waals surface area contributed by atoms with Gasteiger partial charge in [0.15, 0.2) is 0 Å². The minimum atomic E-state index is -2.01. The summed E-state index contributed by atoms with van der Waals surface area (Å²) in [6.07, 6.45) is 2.72. The minimum absolute atomic E-state index is 0.370. The highest BCUT2D eigenvalue weighted by atomic mass is 32.2. The molecule has 0 amide bonds. The number of rotatable bonds is 2. The molecule has 0 saturated carbocycles. The van der Waals surface area contributed by atoms with Crippen LogP contribution in [0.15, 0.2) is 0 Å². The van der Waals surface area contributed by atoms with Crippen molar-refractivity contribution in [1.29, 1.82) is 0 Å². The highest BCUT2D eigenvalue weighted by molar-refractivity contribution is 7.97. The second kappa shape index (κ2) is 3.13. The molecule has 0 radical (unpaired) electrons. The Kier molecular flexibility index (Phi) is 2.57. The lowest BCUT2D eigenvalue weighted by atomic mass is 10.3. The van der Waals surface area contributed by atoms with Gasteiger partial charge in [0.05, 0.1) is 0 Å². The first-order chi connectivity index (χ1) is 4.97. The monoisotopic (exact) mass is 176 g/mol. The van der Waals surface area contributed by atoms with E-state index in [9.17, 15) is 4.21 Å². The van der Waals surface area contributed by atoms with Crippen molar-refractivity contribution >= 4 is 15.6 Å². The molecule has 0 aliphatic carbocycles. The Bertz CT molecular complexity index is 223. The lowest BCUT2D eigenvalue weighted by molar-refractivity contribution is 0.408. The van der Waals surface area contributed by atoms with E-state index in [1.54, 1.807) is 6.26 Å². The van der Waals surface area contributed by atoms with Crippen LogP contribution in [0.2, 0.25) is 0 Å². The van der Waals surface area contributed by atoms with Crippen molar-refractivity contribution in [1.82, 2.24) is 9.62 Å². The second-order valence-electron chi connectivity index (χ2n) is 3.37. The summed E-state index contributed by atoms with van der Waals surface area (Å²) < 4.78 is 14.2. The van der Waals surface area contributed by atoms with Gasteiger partial charge < -0.3 is 4.90 Å². The Morgan fingerprint density at radius 3 is 2.73 bits per heavy atom. The van der Waals surface area contributed by atoms with Crippen LogP contribution in [0.5, 0.6) is 0 Å². The van der Waals surface area contributed by atoms with Gasteiger partial charge in [-0.2, -0.15) is 0 Å². The molecule has 0 spiro atoms. The Morgan fingerprint density at radius 2 is 2.36 bits per heavy atom. The van der Waals surface area contributed by atoms with E-state index in [2.05, 4.69) is 22.5 Å². The third kappa shape index (κ3) is 3.22. The fourth-order valence-corrected chi connectivity index (χ4v) is 2.28. The lowest BCUT2D eigenvalue weighted by Crippen LogP contribution is -2.35. The maximum Gasteiger partial charge on any atom is 0.0328 e. The molecule has 0 aromatic heterocycles. The molecule has 1 rings (SSSR count). The Labute approximate surface area is 68.9 Å². The van der Waals surface area contributed by atoms with Gasteiger partial charge in [-0.25, -0.2) is 4.72 Å². The van der Waals surface area contributed by atoms with Gasteiger partial charge in [0.1, 0.15) is 0 Å². The van der Waals surface area contributed by atoms with Crippen molar-refractivity contribution in [3.8, 4) is 0 Å². The molecule has 66 valence electrons. The highest BCUT2D eigenvalue weighted by Gasteiger charge is 2.19. The molecule has 4 heteroatoms. The summed E-state index contributed by atoms with van der Waals surface area (Å²) in [6, 6.07) is 0.370. The average molecular weight is 176 g/mol. The summed E-state index contributed by atoms with van der Waals surface area (Å²) in [4.78, 5) is 2.23. The van der Waals surface area contributed by atoms with Gasteiger partial charge in [-0.3, -0.25) is 4.21 Å². The molecule has 1 saturated heterocycles. The minimum Gasteiger partial charge on any atom is -0.305 e. The number of hydrogen-bond acceptors (Lipinski definition) is 2. The van der Waals surface area contributed by atoms with Crippen molar-refractivity contribution in [2.75, 3.05) is 26.4 Å². The third-order valence-electron chi connectivity index (χ3n) is 1.81. The molecule has 1 fully saturated rings. The third-order valence-corrected chi connectivity index (χ3v) is 2.64. The topological polar surface area (TPSA) is 32.3 Å². The number of nitrogens with one attached hydrogen (secondary N) is 1. The first-order valence-corrected chi connectivity index (χ1v) is 5.89. The van der Waals surface area contributed by atoms with Gasteiger partial charge in [0.25, 0.3) is 0 Å². The van der Waals surface area contributed by atoms with E-state index in [0.717, 1.165) is 19.5 Å². The normalized spacial score (nSPS) is 32.0. The fourth-order valence-electron chi connectivity index (χ4n) is 1.38. The Balaban J connectivity index is 2.41. The quantitative estimate of drug-likeness (QED) is 0.578. The van der Waals surface area contributed by atoms with Crippen LogP contribution in [-0.4, -0.2) is 47.4 Å². The largest absolute Gasteiger partial charge is 0.305 e. The van der Waals surface area contributed by atoms with Crippen molar-refractivity contribution in [3.05, 3.63) is 0 Å². The first-order valence-electron chi connectivity index (χ1n) is 3.75. The van der Waals surface area contributed by atoms with E-state index in [0.29, 0.717) is 6.04 Å². The van der Waals surface area contributed by atoms with Gasteiger partial charge in [0.2, 0.25) is 0 Å². The molecular formula is C7H16N2OS. The van der Waals surface area contributed by atoms with Crippen molar-refractivity contribution in [2.45, 2.75) is 12.5 Å². The van der Waals surface area contributed by atoms with Crippen LogP contribution in [-0.2, 0) is 9.71 Å². The van der Waals surface area contributed by atoms with E-state index >= 15 is 0 Å². The van der Waals surface area contributed by atoms with Gasteiger partial charge in [-0.1, -0.05) is 0 Å². The van der Waals surface area contributed by atoms with Gasteiger partial charge in [-0.05, 0) is 25.9 Å². The number of hydrogen-bond donors (Lipinski definition) is 1. The SMILES string of the molecule is C=S(C)(=O)NC1CCN(C)C1. The molecule has 0 bridgehead atoms. The summed E-state index contributed by atoms with van der Waals surface area (Å²) in [5.41, 5.74) is 0. The van der Waals surface area contributed by atoms with E-state index in [4.69, 9.17) is 0 Å². The first kappa shape index (κ1) is 9.03. The molecule has 1 aliphatic rings. The Morgan fingerprint density at radius 1 is 1.73 bits per heavy atom. The van der Waals surface area contributed by atoms with Gasteiger partial charge >= 0.3 is 0 Å².